The Balaban J connectivity index is 2.77. The molecule has 0 bridgehead atoms. The highest BCUT2D eigenvalue weighted by Crippen LogP contribution is 2.14. The number of benzene rings is 1. The maximum Gasteiger partial charge on any atom is 0.243 e. The van der Waals surface area contributed by atoms with E-state index in [-0.39, 0.29) is 55.4 Å². The average molecular weight is 827 g/mol. The van der Waals surface area contributed by atoms with Gasteiger partial charge in [-0.05, 0) is 43.6 Å². The van der Waals surface area contributed by atoms with Crippen LogP contribution >= 0.6 is 0 Å². The van der Waals surface area contributed by atoms with Crippen LogP contribution in [-0.4, -0.2) is 72.6 Å². The SMILES string of the molecule is CCCCCCCCCCCCCCCCCC(=O)N[C@@H](CCCNC(=N)N)C(=O)NC(C(=O)N[C@@H](CCCNC(=N)N)C(=O)NCc1ccc(C(=N)N)cc1)C(C)C. The second kappa shape index (κ2) is 32.0. The molecule has 0 aromatic heterocycles. The molecule has 4 amide bonds. The number of amides is 4. The van der Waals surface area contributed by atoms with Crippen LogP contribution in [0.25, 0.3) is 0 Å². The predicted molar refractivity (Wildman–Crippen MR) is 238 cm³/mol. The van der Waals surface area contributed by atoms with E-state index >= 15 is 0 Å². The van der Waals surface area contributed by atoms with Crippen LogP contribution < -0.4 is 49.1 Å². The summed E-state index contributed by atoms with van der Waals surface area (Å²) >= 11 is 0. The molecule has 1 unspecified atom stereocenters. The quantitative estimate of drug-likeness (QED) is 0.0265. The normalized spacial score (nSPS) is 12.5. The summed E-state index contributed by atoms with van der Waals surface area (Å²) in [6.07, 6.45) is 20.0. The van der Waals surface area contributed by atoms with E-state index in [9.17, 15) is 19.2 Å². The number of nitrogen functional groups attached to an aromatic ring is 1. The summed E-state index contributed by atoms with van der Waals surface area (Å²) in [4.78, 5) is 54.0. The summed E-state index contributed by atoms with van der Waals surface area (Å²) in [5.41, 5.74) is 17.7. The molecule has 0 fully saturated rings. The van der Waals surface area contributed by atoms with Crippen LogP contribution in [0.3, 0.4) is 0 Å². The maximum absolute atomic E-state index is 13.8. The van der Waals surface area contributed by atoms with Gasteiger partial charge in [0.1, 0.15) is 24.0 Å². The Morgan fingerprint density at radius 3 is 1.46 bits per heavy atom. The Kier molecular flexibility index (Phi) is 28.3. The van der Waals surface area contributed by atoms with Gasteiger partial charge >= 0.3 is 0 Å². The van der Waals surface area contributed by atoms with Crippen LogP contribution in [0.15, 0.2) is 24.3 Å². The first-order chi connectivity index (χ1) is 28.2. The summed E-state index contributed by atoms with van der Waals surface area (Å²) in [6.45, 7) is 6.62. The third kappa shape index (κ3) is 26.0. The second-order valence-corrected chi connectivity index (χ2v) is 15.9. The lowest BCUT2D eigenvalue weighted by atomic mass is 10.0. The van der Waals surface area contributed by atoms with Crippen LogP contribution in [-0.2, 0) is 25.7 Å². The van der Waals surface area contributed by atoms with E-state index in [4.69, 9.17) is 33.4 Å². The van der Waals surface area contributed by atoms with Crippen LogP contribution in [0.2, 0.25) is 0 Å². The molecule has 0 saturated carbocycles. The molecule has 0 aliphatic heterocycles. The molecule has 334 valence electrons. The van der Waals surface area contributed by atoms with Crippen molar-refractivity contribution in [3.05, 3.63) is 35.4 Å². The monoisotopic (exact) mass is 827 g/mol. The first-order valence-corrected chi connectivity index (χ1v) is 22.0. The molecule has 16 heteroatoms. The average Bonchev–Trinajstić information content (AvgIpc) is 3.19. The first-order valence-electron chi connectivity index (χ1n) is 22.0. The number of nitrogens with two attached hydrogens (primary N) is 3. The van der Waals surface area contributed by atoms with Crippen molar-refractivity contribution in [1.82, 2.24) is 31.9 Å². The Labute approximate surface area is 353 Å². The summed E-state index contributed by atoms with van der Waals surface area (Å²) in [5.74, 6) is -2.58. The molecule has 1 rings (SSSR count). The largest absolute Gasteiger partial charge is 0.384 e. The zero-order valence-electron chi connectivity index (χ0n) is 36.2. The van der Waals surface area contributed by atoms with Crippen LogP contribution in [0.5, 0.6) is 0 Å². The van der Waals surface area contributed by atoms with Crippen molar-refractivity contribution in [2.45, 2.75) is 174 Å². The van der Waals surface area contributed by atoms with E-state index < -0.39 is 35.8 Å². The van der Waals surface area contributed by atoms with Crippen LogP contribution in [0.4, 0.5) is 0 Å². The van der Waals surface area contributed by atoms with Gasteiger partial charge in [0.05, 0.1) is 0 Å². The van der Waals surface area contributed by atoms with Gasteiger partial charge in [0.15, 0.2) is 11.9 Å². The lowest BCUT2D eigenvalue weighted by Crippen LogP contribution is -2.58. The fraction of sp³-hybridized carbons (Fsp3) is 0.698. The Morgan fingerprint density at radius 1 is 0.559 bits per heavy atom. The first kappa shape index (κ1) is 52.1. The van der Waals surface area contributed by atoms with Gasteiger partial charge in [-0.15, -0.1) is 0 Å². The van der Waals surface area contributed by atoms with Crippen LogP contribution in [0.1, 0.15) is 160 Å². The van der Waals surface area contributed by atoms with Crippen molar-refractivity contribution in [1.29, 1.82) is 16.2 Å². The van der Waals surface area contributed by atoms with Gasteiger partial charge < -0.3 is 49.1 Å². The number of hydrogen-bond acceptors (Lipinski definition) is 7. The summed E-state index contributed by atoms with van der Waals surface area (Å²) in [6, 6.07) is 3.96. The van der Waals surface area contributed by atoms with E-state index in [1.165, 1.54) is 70.6 Å². The maximum atomic E-state index is 13.8. The van der Waals surface area contributed by atoms with Gasteiger partial charge in [0, 0.05) is 31.6 Å². The zero-order valence-corrected chi connectivity index (χ0v) is 36.2. The fourth-order valence-electron chi connectivity index (χ4n) is 6.68. The molecule has 0 radical (unpaired) electrons. The Hall–Kier alpha value is -4.89. The number of carbonyl (C=O) groups excluding carboxylic acids is 4. The fourth-order valence-corrected chi connectivity index (χ4v) is 6.68. The molecular weight excluding hydrogens is 749 g/mol. The summed E-state index contributed by atoms with van der Waals surface area (Å²) in [7, 11) is 0. The van der Waals surface area contributed by atoms with Gasteiger partial charge in [-0.25, -0.2) is 0 Å². The molecule has 0 aliphatic rings. The van der Waals surface area contributed by atoms with Gasteiger partial charge in [0.25, 0.3) is 0 Å². The molecule has 1 aromatic carbocycles. The molecule has 0 spiro atoms. The lowest BCUT2D eigenvalue weighted by molar-refractivity contribution is -0.134. The van der Waals surface area contributed by atoms with Gasteiger partial charge in [-0.1, -0.05) is 135 Å². The zero-order chi connectivity index (χ0) is 43.8. The number of hydrogen-bond donors (Lipinski definition) is 12. The third-order valence-corrected chi connectivity index (χ3v) is 10.2. The number of amidine groups is 1. The number of carbonyl (C=O) groups is 4. The van der Waals surface area contributed by atoms with Crippen molar-refractivity contribution in [2.75, 3.05) is 13.1 Å². The van der Waals surface area contributed by atoms with Gasteiger partial charge in [0.2, 0.25) is 23.6 Å². The summed E-state index contributed by atoms with van der Waals surface area (Å²) in [5, 5.41) is 39.2. The molecule has 15 N–H and O–H groups in total. The highest BCUT2D eigenvalue weighted by Gasteiger charge is 2.31. The Bertz CT molecular complexity index is 1410. The topological polar surface area (TPSA) is 290 Å². The Morgan fingerprint density at radius 2 is 1.02 bits per heavy atom. The van der Waals surface area contributed by atoms with Crippen molar-refractivity contribution in [3.8, 4) is 0 Å². The lowest BCUT2D eigenvalue weighted by Gasteiger charge is -2.27. The summed E-state index contributed by atoms with van der Waals surface area (Å²) < 4.78 is 0. The highest BCUT2D eigenvalue weighted by molar-refractivity contribution is 5.95. The minimum absolute atomic E-state index is 0.0663. The highest BCUT2D eigenvalue weighted by atomic mass is 16.2. The van der Waals surface area contributed by atoms with Crippen molar-refractivity contribution in [2.24, 2.45) is 23.1 Å². The minimum atomic E-state index is -1.02. The molecule has 0 saturated heterocycles. The van der Waals surface area contributed by atoms with Crippen molar-refractivity contribution < 1.29 is 19.2 Å². The smallest absolute Gasteiger partial charge is 0.243 e. The second-order valence-electron chi connectivity index (χ2n) is 15.9. The molecule has 16 nitrogen and oxygen atoms in total. The number of guanidine groups is 2. The van der Waals surface area contributed by atoms with E-state index in [0.29, 0.717) is 31.5 Å². The standard InChI is InChI=1S/C43H78N12O4/c1-4-5-6-7-8-9-10-11-12-13-14-15-16-17-18-23-36(56)53-35(22-20-29-51-43(48)49)40(58)55-37(31(2)3)41(59)54-34(21-19-28-50-42(46)47)39(57)52-30-32-24-26-33(27-25-32)38(44)45/h24-27,31,34-35,37H,4-23,28-30H2,1-3H3,(H3,44,45)(H,52,57)(H,53,56)(H,54,59)(H,55,58)(H4,46,47,50)(H4,48,49,51)/t34-,35-,37?/m0/s1. The molecule has 59 heavy (non-hydrogen) atoms. The molecule has 3 atom stereocenters. The third-order valence-electron chi connectivity index (χ3n) is 10.2. The molecule has 0 aliphatic carbocycles. The van der Waals surface area contributed by atoms with Crippen LogP contribution in [0, 0.1) is 22.1 Å². The van der Waals surface area contributed by atoms with E-state index in [1.807, 2.05) is 0 Å². The number of nitrogens with one attached hydrogen (secondary N) is 9. The van der Waals surface area contributed by atoms with Gasteiger partial charge in [-0.2, -0.15) is 0 Å². The van der Waals surface area contributed by atoms with E-state index in [1.54, 1.807) is 38.1 Å². The number of rotatable bonds is 34. The van der Waals surface area contributed by atoms with E-state index in [2.05, 4.69) is 38.8 Å². The molecule has 1 aromatic rings. The minimum Gasteiger partial charge on any atom is -0.384 e. The number of unbranched alkanes of at least 4 members (excludes halogenated alkanes) is 14. The van der Waals surface area contributed by atoms with Gasteiger partial charge in [-0.3, -0.25) is 35.4 Å². The predicted octanol–water partition coefficient (Wildman–Crippen LogP) is 4.49. The van der Waals surface area contributed by atoms with Crippen molar-refractivity contribution in [3.63, 3.8) is 0 Å². The molecule has 0 heterocycles. The molecular formula is C43H78N12O4. The van der Waals surface area contributed by atoms with Crippen molar-refractivity contribution >= 4 is 41.4 Å². The van der Waals surface area contributed by atoms with E-state index in [0.717, 1.165) is 31.2 Å².